The predicted molar refractivity (Wildman–Crippen MR) is 168 cm³/mol. The molecule has 11 heteroatoms. The second kappa shape index (κ2) is 15.1. The van der Waals surface area contributed by atoms with Crippen molar-refractivity contribution in [1.29, 1.82) is 0 Å². The second-order valence-electron chi connectivity index (χ2n) is 9.98. The molecule has 2 atom stereocenters. The third-order valence-corrected chi connectivity index (χ3v) is 8.47. The number of benzene rings is 3. The van der Waals surface area contributed by atoms with E-state index in [1.807, 2.05) is 68.4 Å². The molecule has 9 nitrogen and oxygen atoms in total. The van der Waals surface area contributed by atoms with E-state index in [1.54, 1.807) is 12.1 Å². The number of rotatable bonds is 14. The molecule has 0 spiro atoms. The summed E-state index contributed by atoms with van der Waals surface area (Å²) in [5.74, 6) is -0.220. The number of anilines is 1. The van der Waals surface area contributed by atoms with Crippen LogP contribution in [-0.4, -0.2) is 64.2 Å². The number of sulfonamides is 1. The van der Waals surface area contributed by atoms with E-state index in [-0.39, 0.29) is 36.4 Å². The molecule has 0 aliphatic heterocycles. The van der Waals surface area contributed by atoms with Gasteiger partial charge in [-0.25, -0.2) is 8.42 Å². The van der Waals surface area contributed by atoms with Gasteiger partial charge in [-0.1, -0.05) is 65.3 Å². The smallest absolute Gasteiger partial charge is 0.244 e. The van der Waals surface area contributed by atoms with E-state index < -0.39 is 28.5 Å². The molecule has 1 N–H and O–H groups in total. The standard InChI is InChI=1S/C31H38BrN3O6S/c1-6-22(2)33-31(37)28(18-23-11-8-7-9-12-23)34(20-24-13-10-14-25(32)17-24)30(36)21-35(42(5,38)39)27-19-26(40-3)15-16-29(27)41-4/h7-17,19,22,28H,6,18,20-21H2,1-5H3,(H,33,37)/t22-,28-/m1/s1. The molecule has 3 aromatic rings. The molecule has 3 aromatic carbocycles. The topological polar surface area (TPSA) is 105 Å². The summed E-state index contributed by atoms with van der Waals surface area (Å²) in [6.45, 7) is 3.39. The number of hydrogen-bond donors (Lipinski definition) is 1. The SMILES string of the molecule is CC[C@@H](C)NC(=O)[C@@H](Cc1ccccc1)N(Cc1cccc(Br)c1)C(=O)CN(c1cc(OC)ccc1OC)S(C)(=O)=O. The minimum Gasteiger partial charge on any atom is -0.497 e. The second-order valence-corrected chi connectivity index (χ2v) is 12.8. The Bertz CT molecular complexity index is 1470. The molecule has 2 amide bonds. The van der Waals surface area contributed by atoms with Crippen molar-refractivity contribution in [3.8, 4) is 11.5 Å². The number of carbonyl (C=O) groups excluding carboxylic acids is 2. The van der Waals surface area contributed by atoms with Crippen molar-refractivity contribution in [2.45, 2.75) is 45.3 Å². The number of hydrogen-bond acceptors (Lipinski definition) is 6. The van der Waals surface area contributed by atoms with E-state index in [2.05, 4.69) is 21.2 Å². The highest BCUT2D eigenvalue weighted by molar-refractivity contribution is 9.10. The Labute approximate surface area is 257 Å². The highest BCUT2D eigenvalue weighted by Gasteiger charge is 2.34. The van der Waals surface area contributed by atoms with Gasteiger partial charge in [0.15, 0.2) is 0 Å². The zero-order valence-corrected chi connectivity index (χ0v) is 26.9. The minimum absolute atomic E-state index is 0.0799. The molecule has 3 rings (SSSR count). The van der Waals surface area contributed by atoms with E-state index >= 15 is 0 Å². The molecule has 0 aliphatic rings. The molecule has 0 radical (unpaired) electrons. The molecule has 0 aromatic heterocycles. The summed E-state index contributed by atoms with van der Waals surface area (Å²) in [5, 5.41) is 3.02. The minimum atomic E-state index is -3.97. The predicted octanol–water partition coefficient (Wildman–Crippen LogP) is 4.79. The van der Waals surface area contributed by atoms with Gasteiger partial charge in [0.2, 0.25) is 21.8 Å². The fraction of sp³-hybridized carbons (Fsp3) is 0.355. The van der Waals surface area contributed by atoms with E-state index in [0.717, 1.165) is 26.2 Å². The fourth-order valence-electron chi connectivity index (χ4n) is 4.41. The van der Waals surface area contributed by atoms with Crippen molar-refractivity contribution in [2.75, 3.05) is 31.3 Å². The Kier molecular flexibility index (Phi) is 11.8. The lowest BCUT2D eigenvalue weighted by Gasteiger charge is -2.34. The third kappa shape index (κ3) is 8.96. The largest absolute Gasteiger partial charge is 0.497 e. The summed E-state index contributed by atoms with van der Waals surface area (Å²) in [6, 6.07) is 20.6. The van der Waals surface area contributed by atoms with Crippen LogP contribution in [0.1, 0.15) is 31.4 Å². The van der Waals surface area contributed by atoms with Crippen LogP contribution in [0, 0.1) is 0 Å². The summed E-state index contributed by atoms with van der Waals surface area (Å²) in [5.41, 5.74) is 1.79. The van der Waals surface area contributed by atoms with Crippen LogP contribution in [0.2, 0.25) is 0 Å². The average molecular weight is 661 g/mol. The average Bonchev–Trinajstić information content (AvgIpc) is 2.97. The normalized spacial score (nSPS) is 12.6. The molecule has 0 saturated carbocycles. The Hall–Kier alpha value is -3.57. The lowest BCUT2D eigenvalue weighted by molar-refractivity contribution is -0.140. The number of nitrogens with one attached hydrogen (secondary N) is 1. The van der Waals surface area contributed by atoms with Gasteiger partial charge in [0.25, 0.3) is 0 Å². The van der Waals surface area contributed by atoms with Crippen molar-refractivity contribution >= 4 is 43.5 Å². The third-order valence-electron chi connectivity index (χ3n) is 6.85. The number of halogens is 1. The van der Waals surface area contributed by atoms with Gasteiger partial charge in [-0.15, -0.1) is 0 Å². The number of amides is 2. The van der Waals surface area contributed by atoms with Gasteiger partial charge in [-0.3, -0.25) is 13.9 Å². The molecule has 0 fully saturated rings. The van der Waals surface area contributed by atoms with Crippen LogP contribution in [0.5, 0.6) is 11.5 Å². The van der Waals surface area contributed by atoms with Crippen LogP contribution in [0.3, 0.4) is 0 Å². The van der Waals surface area contributed by atoms with Crippen LogP contribution in [0.4, 0.5) is 5.69 Å². The van der Waals surface area contributed by atoms with Crippen LogP contribution >= 0.6 is 15.9 Å². The number of ether oxygens (including phenoxy) is 2. The van der Waals surface area contributed by atoms with Gasteiger partial charge in [0.1, 0.15) is 24.1 Å². The molecule has 0 heterocycles. The molecule has 0 unspecified atom stereocenters. The van der Waals surface area contributed by atoms with Crippen molar-refractivity contribution in [1.82, 2.24) is 10.2 Å². The monoisotopic (exact) mass is 659 g/mol. The number of nitrogens with zero attached hydrogens (tertiary/aromatic N) is 2. The van der Waals surface area contributed by atoms with E-state index in [0.29, 0.717) is 12.2 Å². The Morgan fingerprint density at radius 1 is 0.952 bits per heavy atom. The maximum absolute atomic E-state index is 14.3. The maximum Gasteiger partial charge on any atom is 0.244 e. The van der Waals surface area contributed by atoms with Crippen LogP contribution in [0.15, 0.2) is 77.3 Å². The molecular formula is C31H38BrN3O6S. The number of methoxy groups -OCH3 is 2. The van der Waals surface area contributed by atoms with E-state index in [1.165, 1.54) is 25.2 Å². The van der Waals surface area contributed by atoms with Gasteiger partial charge in [-0.2, -0.15) is 0 Å². The van der Waals surface area contributed by atoms with Crippen molar-refractivity contribution < 1.29 is 27.5 Å². The molecular weight excluding hydrogens is 622 g/mol. The lowest BCUT2D eigenvalue weighted by Crippen LogP contribution is -2.54. The van der Waals surface area contributed by atoms with Crippen molar-refractivity contribution in [3.63, 3.8) is 0 Å². The first-order valence-corrected chi connectivity index (χ1v) is 16.2. The Morgan fingerprint density at radius 2 is 1.64 bits per heavy atom. The van der Waals surface area contributed by atoms with Crippen LogP contribution < -0.4 is 19.1 Å². The van der Waals surface area contributed by atoms with Gasteiger partial charge in [0, 0.05) is 29.5 Å². The molecule has 0 saturated heterocycles. The van der Waals surface area contributed by atoms with Crippen LogP contribution in [0.25, 0.3) is 0 Å². The Morgan fingerprint density at radius 3 is 2.24 bits per heavy atom. The number of carbonyl (C=O) groups is 2. The fourth-order valence-corrected chi connectivity index (χ4v) is 5.71. The van der Waals surface area contributed by atoms with Crippen LogP contribution in [-0.2, 0) is 32.6 Å². The molecule has 42 heavy (non-hydrogen) atoms. The highest BCUT2D eigenvalue weighted by Crippen LogP contribution is 2.34. The molecule has 0 aliphatic carbocycles. The first kappa shape index (κ1) is 32.9. The molecule has 226 valence electrons. The van der Waals surface area contributed by atoms with E-state index in [4.69, 9.17) is 9.47 Å². The van der Waals surface area contributed by atoms with Gasteiger partial charge < -0.3 is 19.7 Å². The Balaban J connectivity index is 2.11. The highest BCUT2D eigenvalue weighted by atomic mass is 79.9. The molecule has 0 bridgehead atoms. The van der Waals surface area contributed by atoms with Crippen molar-refractivity contribution in [3.05, 3.63) is 88.4 Å². The summed E-state index contributed by atoms with van der Waals surface area (Å²) < 4.78 is 38.8. The zero-order valence-electron chi connectivity index (χ0n) is 24.5. The lowest BCUT2D eigenvalue weighted by atomic mass is 10.0. The maximum atomic E-state index is 14.3. The summed E-state index contributed by atoms with van der Waals surface area (Å²) >= 11 is 3.48. The summed E-state index contributed by atoms with van der Waals surface area (Å²) in [6.07, 6.45) is 1.97. The van der Waals surface area contributed by atoms with Gasteiger partial charge in [-0.05, 0) is 48.7 Å². The van der Waals surface area contributed by atoms with Gasteiger partial charge in [0.05, 0.1) is 26.2 Å². The quantitative estimate of drug-likeness (QED) is 0.267. The first-order valence-electron chi connectivity index (χ1n) is 13.5. The van der Waals surface area contributed by atoms with Crippen molar-refractivity contribution in [2.24, 2.45) is 0 Å². The summed E-state index contributed by atoms with van der Waals surface area (Å²) in [7, 11) is -1.09. The van der Waals surface area contributed by atoms with E-state index in [9.17, 15) is 18.0 Å². The van der Waals surface area contributed by atoms with Gasteiger partial charge >= 0.3 is 0 Å². The zero-order chi connectivity index (χ0) is 30.9. The summed E-state index contributed by atoms with van der Waals surface area (Å²) in [4.78, 5) is 29.5. The first-order chi connectivity index (χ1) is 20.0.